The first-order valence-electron chi connectivity index (χ1n) is 7.53. The summed E-state index contributed by atoms with van der Waals surface area (Å²) in [5, 5.41) is 5.53. The number of primary sulfonamides is 1. The second kappa shape index (κ2) is 6.66. The standard InChI is InChI=1S/C17H13ClF3N3O2S/c1-10-6-11(8-12(18)7-10)16-23-15(17(19,20)21)9-24(16)13-4-2-3-5-14(13)27(22,25)26/h2-9H,1H3,(H2,22,25,26). The van der Waals surface area contributed by atoms with E-state index in [1.807, 2.05) is 0 Å². The van der Waals surface area contributed by atoms with Gasteiger partial charge in [0.1, 0.15) is 10.7 Å². The molecule has 0 amide bonds. The van der Waals surface area contributed by atoms with Crippen molar-refractivity contribution in [3.05, 3.63) is 64.9 Å². The third-order valence-corrected chi connectivity index (χ3v) is 4.90. The lowest BCUT2D eigenvalue weighted by molar-refractivity contribution is -0.140. The van der Waals surface area contributed by atoms with Crippen LogP contribution >= 0.6 is 11.6 Å². The molecule has 2 aromatic carbocycles. The minimum absolute atomic E-state index is 0.0457. The summed E-state index contributed by atoms with van der Waals surface area (Å²) >= 11 is 6.02. The van der Waals surface area contributed by atoms with Gasteiger partial charge in [0, 0.05) is 16.8 Å². The molecule has 3 rings (SSSR count). The van der Waals surface area contributed by atoms with Gasteiger partial charge in [0.25, 0.3) is 0 Å². The van der Waals surface area contributed by atoms with Crippen molar-refractivity contribution in [1.82, 2.24) is 9.55 Å². The summed E-state index contributed by atoms with van der Waals surface area (Å²) in [4.78, 5) is 3.35. The van der Waals surface area contributed by atoms with Gasteiger partial charge in [-0.15, -0.1) is 0 Å². The largest absolute Gasteiger partial charge is 0.434 e. The number of imidazole rings is 1. The van der Waals surface area contributed by atoms with Gasteiger partial charge < -0.3 is 0 Å². The number of halogens is 4. The number of para-hydroxylation sites is 1. The number of benzene rings is 2. The van der Waals surface area contributed by atoms with Crippen molar-refractivity contribution < 1.29 is 21.6 Å². The number of aromatic nitrogens is 2. The molecule has 0 bridgehead atoms. The van der Waals surface area contributed by atoms with Gasteiger partial charge in [-0.05, 0) is 42.8 Å². The molecule has 0 aliphatic carbocycles. The summed E-state index contributed by atoms with van der Waals surface area (Å²) in [5.74, 6) is -0.107. The van der Waals surface area contributed by atoms with Crippen LogP contribution < -0.4 is 5.14 Å². The molecule has 3 aromatic rings. The van der Waals surface area contributed by atoms with Crippen LogP contribution in [0, 0.1) is 6.92 Å². The highest BCUT2D eigenvalue weighted by molar-refractivity contribution is 7.89. The van der Waals surface area contributed by atoms with E-state index in [1.54, 1.807) is 19.1 Å². The Balaban J connectivity index is 2.36. The molecule has 2 N–H and O–H groups in total. The van der Waals surface area contributed by atoms with E-state index in [9.17, 15) is 21.6 Å². The van der Waals surface area contributed by atoms with Crippen LogP contribution in [0.1, 0.15) is 11.3 Å². The first-order chi connectivity index (χ1) is 12.5. The summed E-state index contributed by atoms with van der Waals surface area (Å²) in [6.07, 6.45) is -3.99. The van der Waals surface area contributed by atoms with E-state index >= 15 is 0 Å². The van der Waals surface area contributed by atoms with Crippen LogP contribution in [0.2, 0.25) is 5.02 Å². The molecule has 142 valence electrons. The molecule has 0 saturated carbocycles. The molecule has 0 spiro atoms. The Morgan fingerprint density at radius 1 is 1.15 bits per heavy atom. The Morgan fingerprint density at radius 2 is 1.81 bits per heavy atom. The molecule has 10 heteroatoms. The molecule has 5 nitrogen and oxygen atoms in total. The first kappa shape index (κ1) is 19.4. The van der Waals surface area contributed by atoms with Crippen molar-refractivity contribution in [3.8, 4) is 17.1 Å². The number of aryl methyl sites for hydroxylation is 1. The van der Waals surface area contributed by atoms with Crippen LogP contribution in [-0.4, -0.2) is 18.0 Å². The maximum Gasteiger partial charge on any atom is 0.434 e. The molecule has 1 aromatic heterocycles. The average Bonchev–Trinajstić information content (AvgIpc) is 2.98. The lowest BCUT2D eigenvalue weighted by Crippen LogP contribution is -2.15. The number of hydrogen-bond acceptors (Lipinski definition) is 3. The summed E-state index contributed by atoms with van der Waals surface area (Å²) in [6.45, 7) is 1.73. The van der Waals surface area contributed by atoms with Crippen LogP contribution in [0.15, 0.2) is 53.6 Å². The van der Waals surface area contributed by atoms with Crippen molar-refractivity contribution in [3.63, 3.8) is 0 Å². The van der Waals surface area contributed by atoms with Gasteiger partial charge in [0.15, 0.2) is 5.69 Å². The molecule has 0 unspecified atom stereocenters. The number of nitrogens with two attached hydrogens (primary N) is 1. The number of hydrogen-bond donors (Lipinski definition) is 1. The smallest absolute Gasteiger partial charge is 0.298 e. The third-order valence-electron chi connectivity index (χ3n) is 3.73. The van der Waals surface area contributed by atoms with E-state index in [1.165, 1.54) is 30.3 Å². The molecule has 1 heterocycles. The maximum absolute atomic E-state index is 13.3. The van der Waals surface area contributed by atoms with E-state index in [0.29, 0.717) is 16.1 Å². The molecule has 0 saturated heterocycles. The van der Waals surface area contributed by atoms with E-state index in [4.69, 9.17) is 16.7 Å². The zero-order valence-electron chi connectivity index (χ0n) is 13.8. The Kier molecular flexibility index (Phi) is 4.79. The van der Waals surface area contributed by atoms with Crippen molar-refractivity contribution in [1.29, 1.82) is 0 Å². The van der Waals surface area contributed by atoms with E-state index < -0.39 is 21.9 Å². The van der Waals surface area contributed by atoms with Gasteiger partial charge in [-0.25, -0.2) is 18.5 Å². The fourth-order valence-electron chi connectivity index (χ4n) is 2.67. The predicted octanol–water partition coefficient (Wildman–Crippen LogP) is 4.17. The maximum atomic E-state index is 13.3. The number of rotatable bonds is 3. The zero-order valence-corrected chi connectivity index (χ0v) is 15.4. The fourth-order valence-corrected chi connectivity index (χ4v) is 3.68. The van der Waals surface area contributed by atoms with Crippen molar-refractivity contribution in [2.24, 2.45) is 5.14 Å². The Hall–Kier alpha value is -2.36. The van der Waals surface area contributed by atoms with Gasteiger partial charge in [0.05, 0.1) is 5.69 Å². The fraction of sp³-hybridized carbons (Fsp3) is 0.118. The van der Waals surface area contributed by atoms with Crippen LogP contribution in [0.25, 0.3) is 17.1 Å². The van der Waals surface area contributed by atoms with Gasteiger partial charge in [0.2, 0.25) is 10.0 Å². The molecule has 0 fully saturated rings. The zero-order chi connectivity index (χ0) is 20.0. The van der Waals surface area contributed by atoms with Crippen molar-refractivity contribution in [2.75, 3.05) is 0 Å². The van der Waals surface area contributed by atoms with Crippen LogP contribution in [-0.2, 0) is 16.2 Å². The van der Waals surface area contributed by atoms with E-state index in [2.05, 4.69) is 4.98 Å². The Labute approximate surface area is 158 Å². The Morgan fingerprint density at radius 3 is 2.41 bits per heavy atom. The highest BCUT2D eigenvalue weighted by Gasteiger charge is 2.35. The van der Waals surface area contributed by atoms with Crippen molar-refractivity contribution >= 4 is 21.6 Å². The van der Waals surface area contributed by atoms with Crippen LogP contribution in [0.4, 0.5) is 13.2 Å². The lowest BCUT2D eigenvalue weighted by Gasteiger charge is -2.12. The SMILES string of the molecule is Cc1cc(Cl)cc(-c2nc(C(F)(F)F)cn2-c2ccccc2S(N)(=O)=O)c1. The normalized spacial score (nSPS) is 12.4. The Bertz CT molecular complexity index is 1100. The third kappa shape index (κ3) is 4.00. The lowest BCUT2D eigenvalue weighted by atomic mass is 10.1. The second-order valence-electron chi connectivity index (χ2n) is 5.85. The molecular weight excluding hydrogens is 403 g/mol. The highest BCUT2D eigenvalue weighted by atomic mass is 35.5. The van der Waals surface area contributed by atoms with Gasteiger partial charge in [-0.3, -0.25) is 4.57 Å². The van der Waals surface area contributed by atoms with Gasteiger partial charge in [-0.1, -0.05) is 23.7 Å². The van der Waals surface area contributed by atoms with E-state index in [0.717, 1.165) is 10.8 Å². The second-order valence-corrected chi connectivity index (χ2v) is 7.81. The molecular formula is C17H13ClF3N3O2S. The van der Waals surface area contributed by atoms with Gasteiger partial charge >= 0.3 is 6.18 Å². The average molecular weight is 416 g/mol. The number of alkyl halides is 3. The van der Waals surface area contributed by atoms with Crippen molar-refractivity contribution in [2.45, 2.75) is 18.0 Å². The van der Waals surface area contributed by atoms with Gasteiger partial charge in [-0.2, -0.15) is 13.2 Å². The van der Waals surface area contributed by atoms with E-state index in [-0.39, 0.29) is 16.4 Å². The molecule has 0 aliphatic rings. The predicted molar refractivity (Wildman–Crippen MR) is 95.1 cm³/mol. The summed E-state index contributed by atoms with van der Waals surface area (Å²) in [7, 11) is -4.18. The molecule has 0 atom stereocenters. The number of sulfonamides is 1. The van der Waals surface area contributed by atoms with Crippen LogP contribution in [0.5, 0.6) is 0 Å². The molecule has 0 radical (unpaired) electrons. The first-order valence-corrected chi connectivity index (χ1v) is 9.45. The minimum Gasteiger partial charge on any atom is -0.298 e. The highest BCUT2D eigenvalue weighted by Crippen LogP contribution is 2.34. The number of nitrogens with zero attached hydrogens (tertiary/aromatic N) is 2. The summed E-state index contributed by atoms with van der Waals surface area (Å²) in [5.41, 5.74) is -0.199. The quantitative estimate of drug-likeness (QED) is 0.697. The summed E-state index contributed by atoms with van der Waals surface area (Å²) < 4.78 is 64.6. The molecule has 0 aliphatic heterocycles. The topological polar surface area (TPSA) is 78.0 Å². The monoisotopic (exact) mass is 415 g/mol. The summed E-state index contributed by atoms with van der Waals surface area (Å²) in [6, 6.07) is 10.2. The molecule has 27 heavy (non-hydrogen) atoms. The van der Waals surface area contributed by atoms with Crippen LogP contribution in [0.3, 0.4) is 0 Å². The minimum atomic E-state index is -4.72.